The first-order valence-electron chi connectivity index (χ1n) is 11.3. The molecule has 3 nitrogen and oxygen atoms in total. The molecule has 0 unspecified atom stereocenters. The third-order valence-corrected chi connectivity index (χ3v) is 5.86. The van der Waals surface area contributed by atoms with E-state index in [4.69, 9.17) is 14.0 Å². The highest BCUT2D eigenvalue weighted by Crippen LogP contribution is 2.26. The highest BCUT2D eigenvalue weighted by atomic mass is 16.7. The summed E-state index contributed by atoms with van der Waals surface area (Å²) in [6.45, 7) is 0. The molecule has 0 amide bonds. The van der Waals surface area contributed by atoms with Crippen molar-refractivity contribution < 1.29 is 14.0 Å². The third-order valence-electron chi connectivity index (χ3n) is 5.86. The molecule has 0 N–H and O–H groups in total. The molecule has 0 aliphatic rings. The number of benzene rings is 6. The largest absolute Gasteiger partial charge is 0.864 e. The minimum absolute atomic E-state index is 0.672. The Morgan fingerprint density at radius 1 is 0.324 bits per heavy atom. The number of hydrogen-bond donors (Lipinski definition) is 0. The van der Waals surface area contributed by atoms with Crippen LogP contribution in [-0.2, 0) is 0 Å². The molecule has 6 rings (SSSR count). The molecule has 0 aliphatic heterocycles. The van der Waals surface area contributed by atoms with Crippen molar-refractivity contribution in [2.75, 3.05) is 0 Å². The Labute approximate surface area is 198 Å². The van der Waals surface area contributed by atoms with Crippen LogP contribution >= 0.6 is 0 Å². The average Bonchev–Trinajstić information content (AvgIpc) is 2.88. The molecule has 4 heteroatoms. The fourth-order valence-electron chi connectivity index (χ4n) is 4.13. The maximum absolute atomic E-state index is 6.21. The SMILES string of the molecule is c1ccc2cc(OB(Oc3ccc4ccccc4c3)Oc3ccc4ccccc4c3)ccc2c1. The van der Waals surface area contributed by atoms with Crippen LogP contribution in [0.15, 0.2) is 127 Å². The first-order valence-corrected chi connectivity index (χ1v) is 11.3. The Morgan fingerprint density at radius 2 is 0.618 bits per heavy atom. The fourth-order valence-corrected chi connectivity index (χ4v) is 4.13. The maximum Gasteiger partial charge on any atom is 0.864 e. The van der Waals surface area contributed by atoms with Crippen LogP contribution < -0.4 is 14.0 Å². The highest BCUT2D eigenvalue weighted by molar-refractivity contribution is 6.39. The predicted octanol–water partition coefficient (Wildman–Crippen LogP) is 7.67. The van der Waals surface area contributed by atoms with Crippen LogP contribution in [0.2, 0.25) is 0 Å². The van der Waals surface area contributed by atoms with Gasteiger partial charge in [0.25, 0.3) is 0 Å². The standard InChI is InChI=1S/C30H21BO3/c1-4-10-25-19-28(16-13-22(25)7-1)32-31(33-29-17-14-23-8-2-5-11-26(23)20-29)34-30-18-15-24-9-3-6-12-27(24)21-30/h1-21H. The molecule has 0 saturated heterocycles. The summed E-state index contributed by atoms with van der Waals surface area (Å²) in [5, 5.41) is 6.73. The van der Waals surface area contributed by atoms with Gasteiger partial charge in [-0.25, -0.2) is 0 Å². The van der Waals surface area contributed by atoms with Gasteiger partial charge in [0.1, 0.15) is 17.2 Å². The lowest BCUT2D eigenvalue weighted by Gasteiger charge is -2.17. The van der Waals surface area contributed by atoms with Gasteiger partial charge in [-0.3, -0.25) is 0 Å². The van der Waals surface area contributed by atoms with E-state index in [1.54, 1.807) is 0 Å². The summed E-state index contributed by atoms with van der Waals surface area (Å²) in [6.07, 6.45) is 0. The Hall–Kier alpha value is -4.44. The minimum Gasteiger partial charge on any atom is -0.490 e. The van der Waals surface area contributed by atoms with E-state index >= 15 is 0 Å². The van der Waals surface area contributed by atoms with Gasteiger partial charge in [-0.05, 0) is 68.7 Å². The molecule has 0 spiro atoms. The zero-order valence-corrected chi connectivity index (χ0v) is 18.4. The van der Waals surface area contributed by atoms with Crippen LogP contribution in [0.4, 0.5) is 0 Å². The van der Waals surface area contributed by atoms with E-state index in [1.165, 1.54) is 0 Å². The van der Waals surface area contributed by atoms with Gasteiger partial charge >= 0.3 is 7.32 Å². The molecule has 6 aromatic rings. The van der Waals surface area contributed by atoms with Crippen molar-refractivity contribution in [1.29, 1.82) is 0 Å². The van der Waals surface area contributed by atoms with Gasteiger partial charge in [-0.15, -0.1) is 0 Å². The zero-order valence-electron chi connectivity index (χ0n) is 18.4. The van der Waals surface area contributed by atoms with Crippen molar-refractivity contribution in [2.45, 2.75) is 0 Å². The Bertz CT molecular complexity index is 1420. The summed E-state index contributed by atoms with van der Waals surface area (Å²) in [6, 6.07) is 42.4. The Morgan fingerprint density at radius 3 is 0.941 bits per heavy atom. The molecule has 0 atom stereocenters. The maximum atomic E-state index is 6.21. The second-order valence-corrected chi connectivity index (χ2v) is 8.17. The van der Waals surface area contributed by atoms with Gasteiger partial charge < -0.3 is 14.0 Å². The van der Waals surface area contributed by atoms with Crippen molar-refractivity contribution in [1.82, 2.24) is 0 Å². The third kappa shape index (κ3) is 4.26. The van der Waals surface area contributed by atoms with Gasteiger partial charge in [0.15, 0.2) is 0 Å². The summed E-state index contributed by atoms with van der Waals surface area (Å²) >= 11 is 0. The van der Waals surface area contributed by atoms with E-state index in [0.717, 1.165) is 32.3 Å². The van der Waals surface area contributed by atoms with E-state index in [9.17, 15) is 0 Å². The number of hydrogen-bond acceptors (Lipinski definition) is 3. The Balaban J connectivity index is 1.33. The number of rotatable bonds is 6. The molecule has 162 valence electrons. The van der Waals surface area contributed by atoms with Gasteiger partial charge in [0.2, 0.25) is 0 Å². The van der Waals surface area contributed by atoms with Crippen molar-refractivity contribution in [3.63, 3.8) is 0 Å². The van der Waals surface area contributed by atoms with Crippen molar-refractivity contribution >= 4 is 39.6 Å². The second-order valence-electron chi connectivity index (χ2n) is 8.17. The molecule has 0 heterocycles. The van der Waals surface area contributed by atoms with Crippen LogP contribution in [0.25, 0.3) is 32.3 Å². The lowest BCUT2D eigenvalue weighted by molar-refractivity contribution is 0.308. The van der Waals surface area contributed by atoms with E-state index in [2.05, 4.69) is 36.4 Å². The smallest absolute Gasteiger partial charge is 0.490 e. The first-order chi connectivity index (χ1) is 16.8. The van der Waals surface area contributed by atoms with Crippen molar-refractivity contribution in [3.8, 4) is 17.2 Å². The lowest BCUT2D eigenvalue weighted by Crippen LogP contribution is -2.37. The molecule has 0 saturated carbocycles. The normalized spacial score (nSPS) is 10.9. The van der Waals surface area contributed by atoms with E-state index in [0.29, 0.717) is 17.2 Å². The molecule has 34 heavy (non-hydrogen) atoms. The van der Waals surface area contributed by atoms with Crippen LogP contribution in [0.3, 0.4) is 0 Å². The lowest BCUT2D eigenvalue weighted by atomic mass is 10.1. The van der Waals surface area contributed by atoms with E-state index in [1.807, 2.05) is 91.0 Å². The monoisotopic (exact) mass is 440 g/mol. The topological polar surface area (TPSA) is 27.7 Å². The van der Waals surface area contributed by atoms with Crippen LogP contribution in [0.1, 0.15) is 0 Å². The molecule has 0 fully saturated rings. The minimum atomic E-state index is -0.969. The van der Waals surface area contributed by atoms with Gasteiger partial charge in [-0.1, -0.05) is 91.0 Å². The van der Waals surface area contributed by atoms with E-state index in [-0.39, 0.29) is 0 Å². The average molecular weight is 440 g/mol. The van der Waals surface area contributed by atoms with Crippen molar-refractivity contribution in [2.24, 2.45) is 0 Å². The highest BCUT2D eigenvalue weighted by Gasteiger charge is 2.30. The summed E-state index contributed by atoms with van der Waals surface area (Å²) in [4.78, 5) is 0. The molecule has 0 radical (unpaired) electrons. The first kappa shape index (κ1) is 20.2. The van der Waals surface area contributed by atoms with Crippen LogP contribution in [-0.4, -0.2) is 7.32 Å². The zero-order chi connectivity index (χ0) is 22.7. The summed E-state index contributed by atoms with van der Waals surface area (Å²) < 4.78 is 18.6. The molecule has 6 aromatic carbocycles. The van der Waals surface area contributed by atoms with Crippen LogP contribution in [0, 0.1) is 0 Å². The predicted molar refractivity (Wildman–Crippen MR) is 139 cm³/mol. The van der Waals surface area contributed by atoms with Crippen LogP contribution in [0.5, 0.6) is 17.2 Å². The summed E-state index contributed by atoms with van der Waals surface area (Å²) in [5.74, 6) is 2.01. The molecule has 0 bridgehead atoms. The Kier molecular flexibility index (Phi) is 5.25. The molecular formula is C30H21BO3. The van der Waals surface area contributed by atoms with Gasteiger partial charge in [-0.2, -0.15) is 0 Å². The van der Waals surface area contributed by atoms with Crippen molar-refractivity contribution in [3.05, 3.63) is 127 Å². The second kappa shape index (κ2) is 8.83. The molecular weight excluding hydrogens is 419 g/mol. The molecule has 0 aliphatic carbocycles. The quantitative estimate of drug-likeness (QED) is 0.249. The molecule has 0 aromatic heterocycles. The van der Waals surface area contributed by atoms with E-state index < -0.39 is 7.32 Å². The van der Waals surface area contributed by atoms with Gasteiger partial charge in [0, 0.05) is 0 Å². The number of fused-ring (bicyclic) bond motifs is 3. The fraction of sp³-hybridized carbons (Fsp3) is 0. The van der Waals surface area contributed by atoms with Gasteiger partial charge in [0.05, 0.1) is 0 Å². The summed E-state index contributed by atoms with van der Waals surface area (Å²) in [7, 11) is -0.969. The summed E-state index contributed by atoms with van der Waals surface area (Å²) in [5.41, 5.74) is 0.